The lowest BCUT2D eigenvalue weighted by molar-refractivity contribution is 0.924. The Morgan fingerprint density at radius 2 is 1.59 bits per heavy atom. The van der Waals surface area contributed by atoms with E-state index in [1.807, 2.05) is 0 Å². The molecular formula is C21H21Br. The lowest BCUT2D eigenvalue weighted by Gasteiger charge is -2.10. The summed E-state index contributed by atoms with van der Waals surface area (Å²) in [6.45, 7) is 4.44. The Kier molecular flexibility index (Phi) is 4.63. The van der Waals surface area contributed by atoms with Crippen LogP contribution in [0.15, 0.2) is 59.1 Å². The molecule has 0 amide bonds. The first-order valence-corrected chi connectivity index (χ1v) is 8.82. The van der Waals surface area contributed by atoms with Crippen LogP contribution in [-0.4, -0.2) is 0 Å². The van der Waals surface area contributed by atoms with Crippen molar-refractivity contribution in [3.8, 4) is 11.1 Å². The van der Waals surface area contributed by atoms with Crippen molar-refractivity contribution in [1.82, 2.24) is 0 Å². The van der Waals surface area contributed by atoms with Crippen LogP contribution in [0.4, 0.5) is 0 Å². The van der Waals surface area contributed by atoms with Gasteiger partial charge in [-0.1, -0.05) is 72.6 Å². The van der Waals surface area contributed by atoms with E-state index < -0.39 is 0 Å². The molecule has 1 heteroatoms. The largest absolute Gasteiger partial charge is 0.0651 e. The second kappa shape index (κ2) is 6.66. The molecule has 0 fully saturated rings. The molecule has 0 saturated carbocycles. The molecule has 112 valence electrons. The van der Waals surface area contributed by atoms with Gasteiger partial charge in [-0.15, -0.1) is 0 Å². The van der Waals surface area contributed by atoms with Gasteiger partial charge in [0.1, 0.15) is 0 Å². The zero-order chi connectivity index (χ0) is 15.5. The number of hydrogen-bond donors (Lipinski definition) is 0. The van der Waals surface area contributed by atoms with Gasteiger partial charge in [-0.2, -0.15) is 0 Å². The second-order valence-electron chi connectivity index (χ2n) is 5.80. The highest BCUT2D eigenvalue weighted by Gasteiger charge is 2.06. The molecule has 3 rings (SSSR count). The van der Waals surface area contributed by atoms with E-state index in [9.17, 15) is 0 Å². The van der Waals surface area contributed by atoms with Gasteiger partial charge in [0.25, 0.3) is 0 Å². The van der Waals surface area contributed by atoms with Gasteiger partial charge in [0.2, 0.25) is 0 Å². The van der Waals surface area contributed by atoms with Gasteiger partial charge in [0, 0.05) is 4.47 Å². The Balaban J connectivity index is 2.07. The number of hydrogen-bond acceptors (Lipinski definition) is 0. The Labute approximate surface area is 141 Å². The summed E-state index contributed by atoms with van der Waals surface area (Å²) in [7, 11) is 0. The summed E-state index contributed by atoms with van der Waals surface area (Å²) in [4.78, 5) is 0. The summed E-state index contributed by atoms with van der Waals surface area (Å²) >= 11 is 3.57. The third kappa shape index (κ3) is 3.10. The maximum atomic E-state index is 3.57. The quantitative estimate of drug-likeness (QED) is 0.485. The van der Waals surface area contributed by atoms with E-state index in [1.165, 1.54) is 39.4 Å². The molecule has 3 aromatic carbocycles. The summed E-state index contributed by atoms with van der Waals surface area (Å²) in [5.41, 5.74) is 5.46. The van der Waals surface area contributed by atoms with Gasteiger partial charge in [-0.25, -0.2) is 0 Å². The molecule has 0 nitrogen and oxygen atoms in total. The van der Waals surface area contributed by atoms with Crippen LogP contribution in [0.3, 0.4) is 0 Å². The summed E-state index contributed by atoms with van der Waals surface area (Å²) in [5.74, 6) is 0. The normalized spacial score (nSPS) is 11.0. The van der Waals surface area contributed by atoms with Gasteiger partial charge in [-0.05, 0) is 64.1 Å². The van der Waals surface area contributed by atoms with E-state index in [-0.39, 0.29) is 0 Å². The minimum Gasteiger partial charge on any atom is -0.0651 e. The van der Waals surface area contributed by atoms with E-state index in [1.54, 1.807) is 0 Å². The molecule has 22 heavy (non-hydrogen) atoms. The SMILES string of the molecule is CCCc1ccc2cc(-c3ccc(Br)cc3CC)ccc2c1. The fourth-order valence-electron chi connectivity index (χ4n) is 3.04. The van der Waals surface area contributed by atoms with Gasteiger partial charge in [0.15, 0.2) is 0 Å². The van der Waals surface area contributed by atoms with Crippen LogP contribution in [0.2, 0.25) is 0 Å². The molecule has 0 aliphatic heterocycles. The fourth-order valence-corrected chi connectivity index (χ4v) is 3.45. The summed E-state index contributed by atoms with van der Waals surface area (Å²) in [6, 6.07) is 20.2. The summed E-state index contributed by atoms with van der Waals surface area (Å²) in [5, 5.41) is 2.66. The first-order chi connectivity index (χ1) is 10.7. The molecule has 0 bridgehead atoms. The number of halogens is 1. The lowest BCUT2D eigenvalue weighted by Crippen LogP contribution is -1.89. The van der Waals surface area contributed by atoms with Gasteiger partial charge in [-0.3, -0.25) is 0 Å². The molecule has 3 aromatic rings. The van der Waals surface area contributed by atoms with Crippen LogP contribution >= 0.6 is 15.9 Å². The molecule has 0 N–H and O–H groups in total. The number of fused-ring (bicyclic) bond motifs is 1. The minimum atomic E-state index is 1.04. The zero-order valence-electron chi connectivity index (χ0n) is 13.2. The van der Waals surface area contributed by atoms with Crippen LogP contribution < -0.4 is 0 Å². The van der Waals surface area contributed by atoms with E-state index >= 15 is 0 Å². The van der Waals surface area contributed by atoms with Crippen molar-refractivity contribution in [2.45, 2.75) is 33.1 Å². The van der Waals surface area contributed by atoms with Gasteiger partial charge >= 0.3 is 0 Å². The van der Waals surface area contributed by atoms with Crippen LogP contribution in [0.1, 0.15) is 31.4 Å². The number of benzene rings is 3. The molecule has 0 aliphatic rings. The van der Waals surface area contributed by atoms with E-state index in [4.69, 9.17) is 0 Å². The molecule has 0 aromatic heterocycles. The molecule has 0 unspecified atom stereocenters. The molecule has 0 spiro atoms. The predicted molar refractivity (Wildman–Crippen MR) is 100 cm³/mol. The third-order valence-electron chi connectivity index (χ3n) is 4.20. The van der Waals surface area contributed by atoms with Crippen molar-refractivity contribution in [1.29, 1.82) is 0 Å². The summed E-state index contributed by atoms with van der Waals surface area (Å²) in [6.07, 6.45) is 3.40. The second-order valence-corrected chi connectivity index (χ2v) is 6.72. The van der Waals surface area contributed by atoms with E-state index in [0.717, 1.165) is 17.3 Å². The van der Waals surface area contributed by atoms with Crippen molar-refractivity contribution in [2.75, 3.05) is 0 Å². The maximum absolute atomic E-state index is 3.57. The average molecular weight is 353 g/mol. The third-order valence-corrected chi connectivity index (χ3v) is 4.70. The Hall–Kier alpha value is -1.60. The van der Waals surface area contributed by atoms with Crippen molar-refractivity contribution >= 4 is 26.7 Å². The number of rotatable bonds is 4. The standard InChI is InChI=1S/C21H21Br/c1-3-5-15-6-7-18-13-19(9-8-17(18)12-15)21-11-10-20(22)14-16(21)4-2/h6-14H,3-5H2,1-2H3. The Morgan fingerprint density at radius 1 is 0.818 bits per heavy atom. The molecule has 0 heterocycles. The van der Waals surface area contributed by atoms with Crippen molar-refractivity contribution < 1.29 is 0 Å². The van der Waals surface area contributed by atoms with Crippen LogP contribution in [-0.2, 0) is 12.8 Å². The highest BCUT2D eigenvalue weighted by Crippen LogP contribution is 2.30. The van der Waals surface area contributed by atoms with Crippen LogP contribution in [0.5, 0.6) is 0 Å². The summed E-state index contributed by atoms with van der Waals surface area (Å²) < 4.78 is 1.15. The number of aryl methyl sites for hydroxylation is 2. The smallest absolute Gasteiger partial charge is 0.0178 e. The molecule has 0 radical (unpaired) electrons. The highest BCUT2D eigenvalue weighted by molar-refractivity contribution is 9.10. The molecule has 0 aliphatic carbocycles. The van der Waals surface area contributed by atoms with Crippen LogP contribution in [0.25, 0.3) is 21.9 Å². The van der Waals surface area contributed by atoms with Gasteiger partial charge in [0.05, 0.1) is 0 Å². The van der Waals surface area contributed by atoms with Crippen molar-refractivity contribution in [2.24, 2.45) is 0 Å². The lowest BCUT2D eigenvalue weighted by atomic mass is 9.95. The monoisotopic (exact) mass is 352 g/mol. The van der Waals surface area contributed by atoms with Crippen molar-refractivity contribution in [3.63, 3.8) is 0 Å². The fraction of sp³-hybridized carbons (Fsp3) is 0.238. The topological polar surface area (TPSA) is 0 Å². The Morgan fingerprint density at radius 3 is 2.36 bits per heavy atom. The first-order valence-electron chi connectivity index (χ1n) is 8.02. The van der Waals surface area contributed by atoms with Crippen molar-refractivity contribution in [3.05, 3.63) is 70.2 Å². The Bertz CT molecular complexity index is 802. The average Bonchev–Trinajstić information content (AvgIpc) is 2.54. The predicted octanol–water partition coefficient (Wildman–Crippen LogP) is 6.78. The maximum Gasteiger partial charge on any atom is 0.0178 e. The molecular weight excluding hydrogens is 332 g/mol. The van der Waals surface area contributed by atoms with Gasteiger partial charge < -0.3 is 0 Å². The first kappa shape index (κ1) is 15.3. The zero-order valence-corrected chi connectivity index (χ0v) is 14.8. The van der Waals surface area contributed by atoms with Crippen LogP contribution in [0, 0.1) is 0 Å². The molecule has 0 atom stereocenters. The van der Waals surface area contributed by atoms with E-state index in [0.29, 0.717) is 0 Å². The highest BCUT2D eigenvalue weighted by atomic mass is 79.9. The van der Waals surface area contributed by atoms with E-state index in [2.05, 4.69) is 84.4 Å². The molecule has 0 saturated heterocycles. The minimum absolute atomic E-state index is 1.04.